The fourth-order valence-corrected chi connectivity index (χ4v) is 4.12. The number of alkyl carbamates (subject to hydrolysis) is 1. The number of Topliss-reactive ketones (excluding diaryl/α,β-unsaturated/α-hetero) is 1. The summed E-state index contributed by atoms with van der Waals surface area (Å²) in [6.45, 7) is 5.03. The molecule has 0 saturated carbocycles. The van der Waals surface area contributed by atoms with Gasteiger partial charge in [0.2, 0.25) is 5.91 Å². The average Bonchev–Trinajstić information content (AvgIpc) is 3.37. The number of nitrogens with one attached hydrogen (secondary N) is 2. The molecule has 2 aromatic carbocycles. The molecule has 2 N–H and O–H groups in total. The number of rotatable bonds is 10. The van der Waals surface area contributed by atoms with Crippen LogP contribution in [0.2, 0.25) is 0 Å². The van der Waals surface area contributed by atoms with Gasteiger partial charge in [-0.1, -0.05) is 60.7 Å². The molecule has 0 bridgehead atoms. The van der Waals surface area contributed by atoms with Crippen LogP contribution in [0.5, 0.6) is 0 Å². The zero-order valence-electron chi connectivity index (χ0n) is 21.0. The number of benzene rings is 2. The van der Waals surface area contributed by atoms with E-state index in [1.54, 1.807) is 13.8 Å². The van der Waals surface area contributed by atoms with Crippen molar-refractivity contribution in [3.63, 3.8) is 0 Å². The van der Waals surface area contributed by atoms with E-state index in [9.17, 15) is 14.4 Å². The second-order valence-corrected chi connectivity index (χ2v) is 9.40. The summed E-state index contributed by atoms with van der Waals surface area (Å²) < 4.78 is 28.8. The molecule has 0 aromatic heterocycles. The average molecular weight is 513 g/mol. The topological polar surface area (TPSA) is 121 Å². The monoisotopic (exact) mass is 512 g/mol. The highest BCUT2D eigenvalue weighted by molar-refractivity contribution is 5.92. The van der Waals surface area contributed by atoms with Gasteiger partial charge in [0, 0.05) is 0 Å². The third kappa shape index (κ3) is 7.14. The highest BCUT2D eigenvalue weighted by Gasteiger charge is 2.57. The van der Waals surface area contributed by atoms with Crippen molar-refractivity contribution in [2.24, 2.45) is 0 Å². The van der Waals surface area contributed by atoms with Crippen LogP contribution in [0.3, 0.4) is 0 Å². The molecule has 0 unspecified atom stereocenters. The smallest absolute Gasteiger partial charge is 0.408 e. The third-order valence-corrected chi connectivity index (χ3v) is 5.97. The number of carbonyl (C=O) groups is 3. The van der Waals surface area contributed by atoms with E-state index in [1.807, 2.05) is 60.7 Å². The van der Waals surface area contributed by atoms with Crippen LogP contribution in [0, 0.1) is 0 Å². The SMILES string of the molecule is C[C@H](NC(=O)OCc1ccccc1)C(=O)NCC(=O)[C@H]1O[C@@H]2OC(C)(C)O[C@@H]2[C@H]1OCc1ccccc1. The molecule has 4 rings (SSSR count). The number of amides is 2. The van der Waals surface area contributed by atoms with E-state index in [4.69, 9.17) is 23.7 Å². The Hall–Kier alpha value is -3.31. The van der Waals surface area contributed by atoms with Gasteiger partial charge < -0.3 is 34.3 Å². The summed E-state index contributed by atoms with van der Waals surface area (Å²) in [5, 5.41) is 4.99. The second kappa shape index (κ2) is 11.8. The van der Waals surface area contributed by atoms with Gasteiger partial charge in [-0.15, -0.1) is 0 Å². The van der Waals surface area contributed by atoms with Crippen molar-refractivity contribution < 1.29 is 38.1 Å². The molecule has 0 radical (unpaired) electrons. The highest BCUT2D eigenvalue weighted by Crippen LogP contribution is 2.39. The van der Waals surface area contributed by atoms with Crippen LogP contribution in [-0.2, 0) is 46.5 Å². The molecule has 37 heavy (non-hydrogen) atoms. The lowest BCUT2D eigenvalue weighted by atomic mass is 10.1. The number of carbonyl (C=O) groups excluding carboxylic acids is 3. The molecule has 2 fully saturated rings. The Kier molecular flexibility index (Phi) is 8.55. The van der Waals surface area contributed by atoms with Crippen molar-refractivity contribution in [3.05, 3.63) is 71.8 Å². The fourth-order valence-electron chi connectivity index (χ4n) is 4.12. The number of hydrogen-bond acceptors (Lipinski definition) is 8. The van der Waals surface area contributed by atoms with Crippen molar-refractivity contribution in [2.75, 3.05) is 6.54 Å². The number of ether oxygens (including phenoxy) is 5. The van der Waals surface area contributed by atoms with Crippen LogP contribution < -0.4 is 10.6 Å². The quantitative estimate of drug-likeness (QED) is 0.498. The molecule has 198 valence electrons. The van der Waals surface area contributed by atoms with Crippen LogP contribution in [0.25, 0.3) is 0 Å². The summed E-state index contributed by atoms with van der Waals surface area (Å²) in [7, 11) is 0. The lowest BCUT2D eigenvalue weighted by Gasteiger charge is -2.25. The Balaban J connectivity index is 1.28. The molecular weight excluding hydrogens is 480 g/mol. The first-order chi connectivity index (χ1) is 17.7. The Morgan fingerprint density at radius 3 is 2.22 bits per heavy atom. The van der Waals surface area contributed by atoms with E-state index in [-0.39, 0.29) is 19.8 Å². The Morgan fingerprint density at radius 1 is 0.946 bits per heavy atom. The number of fused-ring (bicyclic) bond motifs is 1. The van der Waals surface area contributed by atoms with E-state index >= 15 is 0 Å². The van der Waals surface area contributed by atoms with Crippen LogP contribution in [-0.4, -0.2) is 60.8 Å². The molecule has 2 aliphatic rings. The molecule has 10 nitrogen and oxygen atoms in total. The van der Waals surface area contributed by atoms with Crippen molar-refractivity contribution in [2.45, 2.75) is 70.4 Å². The van der Waals surface area contributed by atoms with Crippen molar-refractivity contribution in [1.82, 2.24) is 10.6 Å². The molecule has 2 aliphatic heterocycles. The van der Waals surface area contributed by atoms with Gasteiger partial charge in [0.1, 0.15) is 31.0 Å². The predicted octanol–water partition coefficient (Wildman–Crippen LogP) is 2.45. The molecule has 2 heterocycles. The van der Waals surface area contributed by atoms with Gasteiger partial charge in [-0.05, 0) is 31.9 Å². The van der Waals surface area contributed by atoms with Gasteiger partial charge in [-0.25, -0.2) is 4.79 Å². The van der Waals surface area contributed by atoms with E-state index in [1.165, 1.54) is 6.92 Å². The van der Waals surface area contributed by atoms with Gasteiger partial charge in [0.25, 0.3) is 0 Å². The summed E-state index contributed by atoms with van der Waals surface area (Å²) in [5.41, 5.74) is 1.75. The third-order valence-electron chi connectivity index (χ3n) is 5.97. The summed E-state index contributed by atoms with van der Waals surface area (Å²) in [4.78, 5) is 37.5. The zero-order chi connectivity index (χ0) is 26.4. The maximum absolute atomic E-state index is 13.0. The summed E-state index contributed by atoms with van der Waals surface area (Å²) in [5.74, 6) is -1.81. The maximum Gasteiger partial charge on any atom is 0.408 e. The first-order valence-electron chi connectivity index (χ1n) is 12.2. The molecule has 2 aromatic rings. The molecule has 2 saturated heterocycles. The minimum atomic E-state index is -0.991. The largest absolute Gasteiger partial charge is 0.445 e. The lowest BCUT2D eigenvalue weighted by molar-refractivity contribution is -0.218. The maximum atomic E-state index is 13.0. The fraction of sp³-hybridized carbons (Fsp3) is 0.444. The lowest BCUT2D eigenvalue weighted by Crippen LogP contribution is -2.49. The van der Waals surface area contributed by atoms with Gasteiger partial charge >= 0.3 is 6.09 Å². The minimum absolute atomic E-state index is 0.0756. The van der Waals surface area contributed by atoms with Gasteiger partial charge in [0.15, 0.2) is 17.9 Å². The van der Waals surface area contributed by atoms with Gasteiger partial charge in [-0.2, -0.15) is 0 Å². The number of hydrogen-bond donors (Lipinski definition) is 2. The summed E-state index contributed by atoms with van der Waals surface area (Å²) in [6.07, 6.45) is -3.81. The van der Waals surface area contributed by atoms with Crippen LogP contribution in [0.15, 0.2) is 60.7 Å². The molecular formula is C27H32N2O8. The van der Waals surface area contributed by atoms with E-state index < -0.39 is 54.2 Å². The van der Waals surface area contributed by atoms with E-state index in [0.717, 1.165) is 11.1 Å². The Morgan fingerprint density at radius 2 is 1.57 bits per heavy atom. The Labute approximate surface area is 215 Å². The molecule has 2 amide bonds. The highest BCUT2D eigenvalue weighted by atomic mass is 16.8. The van der Waals surface area contributed by atoms with Gasteiger partial charge in [-0.3, -0.25) is 9.59 Å². The van der Waals surface area contributed by atoms with Gasteiger partial charge in [0.05, 0.1) is 13.2 Å². The molecule has 5 atom stereocenters. The summed E-state index contributed by atoms with van der Waals surface area (Å²) >= 11 is 0. The zero-order valence-corrected chi connectivity index (χ0v) is 21.0. The second-order valence-electron chi connectivity index (χ2n) is 9.40. The minimum Gasteiger partial charge on any atom is -0.445 e. The van der Waals surface area contributed by atoms with Crippen molar-refractivity contribution >= 4 is 17.8 Å². The van der Waals surface area contributed by atoms with Crippen LogP contribution in [0.4, 0.5) is 4.79 Å². The van der Waals surface area contributed by atoms with Crippen molar-refractivity contribution in [3.8, 4) is 0 Å². The Bertz CT molecular complexity index is 1080. The summed E-state index contributed by atoms with van der Waals surface area (Å²) in [6, 6.07) is 17.8. The molecule has 0 spiro atoms. The first-order valence-corrected chi connectivity index (χ1v) is 12.2. The first kappa shape index (κ1) is 26.7. The molecule has 0 aliphatic carbocycles. The predicted molar refractivity (Wildman–Crippen MR) is 131 cm³/mol. The van der Waals surface area contributed by atoms with Crippen molar-refractivity contribution in [1.29, 1.82) is 0 Å². The standard InChI is InChI=1S/C27H32N2O8/c1-17(29-26(32)34-16-19-12-8-5-9-13-19)24(31)28-14-20(30)21-22(33-15-18-10-6-4-7-11-18)23-25(35-21)37-27(2,3)36-23/h4-13,17,21-23,25H,14-16H2,1-3H3,(H,28,31)(H,29,32)/t17-,21+,22-,23+,25+/m0/s1. The van der Waals surface area contributed by atoms with Crippen LogP contribution in [0.1, 0.15) is 31.9 Å². The normalized spacial score (nSPS) is 24.6. The van der Waals surface area contributed by atoms with Crippen LogP contribution >= 0.6 is 0 Å². The van der Waals surface area contributed by atoms with E-state index in [2.05, 4.69) is 10.6 Å². The van der Waals surface area contributed by atoms with E-state index in [0.29, 0.717) is 0 Å². The molecule has 10 heteroatoms. The number of ketones is 1.